The van der Waals surface area contributed by atoms with Gasteiger partial charge in [-0.25, -0.2) is 23.5 Å². The zero-order valence-electron chi connectivity index (χ0n) is 25.1. The molecule has 1 unspecified atom stereocenters. The molecule has 0 fully saturated rings. The number of nitriles is 1. The summed E-state index contributed by atoms with van der Waals surface area (Å²) in [6.07, 6.45) is 2.72. The first-order chi connectivity index (χ1) is 22.0. The average Bonchev–Trinajstić information content (AvgIpc) is 3.75. The molecule has 2 N–H and O–H groups in total. The fraction of sp³-hybridized carbons (Fsp3) is 0.250. The van der Waals surface area contributed by atoms with Gasteiger partial charge in [0.1, 0.15) is 29.6 Å². The number of anilines is 1. The minimum Gasteiger partial charge on any atom is -0.412 e. The molecule has 0 radical (unpaired) electrons. The number of hydrogen-bond donors (Lipinski definition) is 2. The number of pyridine rings is 1. The summed E-state index contributed by atoms with van der Waals surface area (Å²) < 4.78 is 38.0. The zero-order valence-corrected chi connectivity index (χ0v) is 25.9. The van der Waals surface area contributed by atoms with E-state index < -0.39 is 35.5 Å². The largest absolute Gasteiger partial charge is 0.418 e. The molecule has 5 aromatic rings. The van der Waals surface area contributed by atoms with Crippen molar-refractivity contribution in [3.8, 4) is 17.3 Å². The van der Waals surface area contributed by atoms with Crippen molar-refractivity contribution in [3.05, 3.63) is 112 Å². The van der Waals surface area contributed by atoms with Crippen molar-refractivity contribution < 1.29 is 33.1 Å². The Kier molecular flexibility index (Phi) is 9.47. The van der Waals surface area contributed by atoms with Crippen LogP contribution in [-0.2, 0) is 23.5 Å². The van der Waals surface area contributed by atoms with Gasteiger partial charge in [-0.2, -0.15) is 9.83 Å². The number of halogens is 2. The molecule has 5 rings (SSSR count). The van der Waals surface area contributed by atoms with E-state index in [1.54, 1.807) is 55.6 Å². The second kappa shape index (κ2) is 13.5. The lowest BCUT2D eigenvalue weighted by molar-refractivity contribution is -0.753. The molecular weight excluding hydrogens is 616 g/mol. The molecule has 3 heterocycles. The lowest BCUT2D eigenvalue weighted by Crippen LogP contribution is -2.42. The van der Waals surface area contributed by atoms with Crippen LogP contribution in [0.2, 0.25) is 0 Å². The summed E-state index contributed by atoms with van der Waals surface area (Å²) in [5.74, 6) is -2.12. The SMILES string of the molecule is CC(OC(=O)N(C)c1ncccc1CO)[n+]1cnn(C[C@](O)(c2cc(F)ccc2F)[C@H](C)c2nc(-c3ccc(C#N)cc3)cs2)c1. The Morgan fingerprint density at radius 1 is 1.22 bits per heavy atom. The van der Waals surface area contributed by atoms with Crippen molar-refractivity contribution in [2.24, 2.45) is 0 Å². The zero-order chi connectivity index (χ0) is 33.0. The summed E-state index contributed by atoms with van der Waals surface area (Å²) in [5, 5.41) is 37.4. The molecule has 2 aromatic carbocycles. The van der Waals surface area contributed by atoms with Gasteiger partial charge < -0.3 is 14.9 Å². The molecule has 0 aliphatic heterocycles. The first-order valence-electron chi connectivity index (χ1n) is 14.1. The standard InChI is InChI=1S/C32H30F2N7O4S/c1-20(30-38-28(16-46-30)23-8-6-22(14-35)7-9-23)32(44,26-13-25(33)10-11-27(26)34)17-41-19-40(18-37-41)21(2)45-31(43)39(3)29-24(15-42)5-4-12-36-29/h4-13,16,18-21,42,44H,15,17H2,1-3H3/q+1/t20-,21?,32-/m1/s1. The van der Waals surface area contributed by atoms with Gasteiger partial charge in [0, 0.05) is 53.3 Å². The van der Waals surface area contributed by atoms with Crippen LogP contribution in [0.25, 0.3) is 11.3 Å². The molecule has 11 nitrogen and oxygen atoms in total. The van der Waals surface area contributed by atoms with E-state index >= 15 is 4.39 Å². The van der Waals surface area contributed by atoms with Crippen molar-refractivity contribution in [2.75, 3.05) is 11.9 Å². The normalized spacial score (nSPS) is 13.8. The van der Waals surface area contributed by atoms with Crippen molar-refractivity contribution >= 4 is 23.2 Å². The second-order valence-corrected chi connectivity index (χ2v) is 11.5. The lowest BCUT2D eigenvalue weighted by Gasteiger charge is -2.32. The molecule has 0 aliphatic carbocycles. The first kappa shape index (κ1) is 32.3. The Bertz CT molecular complexity index is 1890. The highest BCUT2D eigenvalue weighted by Gasteiger charge is 2.43. The van der Waals surface area contributed by atoms with Gasteiger partial charge in [0.15, 0.2) is 0 Å². The topological polar surface area (TPSA) is 141 Å². The Hall–Kier alpha value is -5.10. The van der Waals surface area contributed by atoms with E-state index in [9.17, 15) is 19.4 Å². The van der Waals surface area contributed by atoms with E-state index in [1.807, 2.05) is 0 Å². The predicted molar refractivity (Wildman–Crippen MR) is 163 cm³/mol. The molecule has 14 heteroatoms. The van der Waals surface area contributed by atoms with E-state index in [0.717, 1.165) is 23.8 Å². The van der Waals surface area contributed by atoms with E-state index in [0.29, 0.717) is 21.8 Å². The van der Waals surface area contributed by atoms with Gasteiger partial charge in [0.05, 0.1) is 28.9 Å². The number of amides is 1. The molecule has 236 valence electrons. The lowest BCUT2D eigenvalue weighted by atomic mass is 9.82. The summed E-state index contributed by atoms with van der Waals surface area (Å²) >= 11 is 1.25. The third kappa shape index (κ3) is 6.62. The summed E-state index contributed by atoms with van der Waals surface area (Å²) in [7, 11) is 1.46. The Balaban J connectivity index is 1.40. The van der Waals surface area contributed by atoms with Crippen molar-refractivity contribution in [1.29, 1.82) is 5.26 Å². The van der Waals surface area contributed by atoms with Crippen LogP contribution in [0.15, 0.2) is 78.8 Å². The molecule has 3 aromatic heterocycles. The molecule has 3 atom stereocenters. The Morgan fingerprint density at radius 3 is 2.70 bits per heavy atom. The number of rotatable bonds is 10. The van der Waals surface area contributed by atoms with E-state index in [-0.39, 0.29) is 24.5 Å². The van der Waals surface area contributed by atoms with E-state index in [2.05, 4.69) is 21.1 Å². The number of aliphatic hydroxyl groups excluding tert-OH is 1. The number of nitrogens with zero attached hydrogens (tertiary/aromatic N) is 7. The van der Waals surface area contributed by atoms with Gasteiger partial charge in [0.25, 0.3) is 6.33 Å². The molecule has 0 aliphatic rings. The van der Waals surface area contributed by atoms with Crippen molar-refractivity contribution in [1.82, 2.24) is 19.7 Å². The van der Waals surface area contributed by atoms with Gasteiger partial charge in [0.2, 0.25) is 12.6 Å². The van der Waals surface area contributed by atoms with Gasteiger partial charge in [-0.15, -0.1) is 16.0 Å². The van der Waals surface area contributed by atoms with Crippen LogP contribution in [-0.4, -0.2) is 43.1 Å². The van der Waals surface area contributed by atoms with Crippen LogP contribution in [0.4, 0.5) is 19.4 Å². The maximum atomic E-state index is 15.2. The smallest absolute Gasteiger partial charge is 0.412 e. The van der Waals surface area contributed by atoms with Crippen LogP contribution in [0.1, 0.15) is 47.7 Å². The third-order valence-electron chi connectivity index (χ3n) is 7.64. The van der Waals surface area contributed by atoms with Crippen LogP contribution >= 0.6 is 11.3 Å². The molecule has 46 heavy (non-hydrogen) atoms. The molecule has 1 amide bonds. The molecule has 0 bridgehead atoms. The maximum Gasteiger partial charge on any atom is 0.418 e. The molecule has 0 saturated heterocycles. The Morgan fingerprint density at radius 2 is 1.98 bits per heavy atom. The third-order valence-corrected chi connectivity index (χ3v) is 8.66. The number of aromatic nitrogens is 5. The van der Waals surface area contributed by atoms with Crippen molar-refractivity contribution in [3.63, 3.8) is 0 Å². The minimum atomic E-state index is -2.02. The second-order valence-electron chi connectivity index (χ2n) is 10.6. The number of benzene rings is 2. The molecular formula is C32H30F2N7O4S+. The van der Waals surface area contributed by atoms with Gasteiger partial charge >= 0.3 is 6.09 Å². The number of carbonyl (C=O) groups is 1. The fourth-order valence-electron chi connectivity index (χ4n) is 4.91. The summed E-state index contributed by atoms with van der Waals surface area (Å²) in [5.41, 5.74) is 0.0148. The van der Waals surface area contributed by atoms with Crippen molar-refractivity contribution in [2.45, 2.75) is 44.7 Å². The van der Waals surface area contributed by atoms with Gasteiger partial charge in [-0.1, -0.05) is 25.1 Å². The number of thiazole rings is 1. The van der Waals surface area contributed by atoms with Gasteiger partial charge in [-0.3, -0.25) is 4.90 Å². The maximum absolute atomic E-state index is 15.2. The number of ether oxygens (including phenoxy) is 1. The average molecular weight is 647 g/mol. The van der Waals surface area contributed by atoms with Crippen LogP contribution in [0.3, 0.4) is 0 Å². The minimum absolute atomic E-state index is 0.239. The highest BCUT2D eigenvalue weighted by molar-refractivity contribution is 7.10. The van der Waals surface area contributed by atoms with E-state index in [1.165, 1.54) is 51.4 Å². The van der Waals surface area contributed by atoms with Crippen LogP contribution in [0.5, 0.6) is 0 Å². The number of aliphatic hydroxyl groups is 2. The molecule has 0 saturated carbocycles. The highest BCUT2D eigenvalue weighted by atomic mass is 32.1. The Labute approximate surface area is 267 Å². The number of hydrogen-bond acceptors (Lipinski definition) is 9. The molecule has 0 spiro atoms. The predicted octanol–water partition coefficient (Wildman–Crippen LogP) is 4.81. The monoisotopic (exact) mass is 646 g/mol. The summed E-state index contributed by atoms with van der Waals surface area (Å²) in [6, 6.07) is 15.1. The first-order valence-corrected chi connectivity index (χ1v) is 15.0. The van der Waals surface area contributed by atoms with E-state index in [4.69, 9.17) is 10.00 Å². The fourth-order valence-corrected chi connectivity index (χ4v) is 5.88. The van der Waals surface area contributed by atoms with Gasteiger partial charge in [-0.05, 0) is 36.4 Å². The summed E-state index contributed by atoms with van der Waals surface area (Å²) in [6.45, 7) is 2.65. The quantitative estimate of drug-likeness (QED) is 0.206. The van der Waals surface area contributed by atoms with Crippen LogP contribution < -0.4 is 9.47 Å². The van der Waals surface area contributed by atoms with Crippen LogP contribution in [0, 0.1) is 23.0 Å². The number of carbonyl (C=O) groups excluding carboxylic acids is 1. The highest BCUT2D eigenvalue weighted by Crippen LogP contribution is 2.41. The summed E-state index contributed by atoms with van der Waals surface area (Å²) in [4.78, 5) is 22.9.